The molecule has 0 aromatic carbocycles. The first-order chi connectivity index (χ1) is 8.56. The van der Waals surface area contributed by atoms with Gasteiger partial charge in [-0.1, -0.05) is 6.92 Å². The van der Waals surface area contributed by atoms with Gasteiger partial charge in [-0.3, -0.25) is 9.59 Å². The van der Waals surface area contributed by atoms with Crippen molar-refractivity contribution >= 4 is 23.2 Å². The predicted molar refractivity (Wildman–Crippen MR) is 69.2 cm³/mol. The van der Waals surface area contributed by atoms with E-state index in [4.69, 9.17) is 9.84 Å². The molecular formula is C12H17NO4S. The van der Waals surface area contributed by atoms with E-state index >= 15 is 0 Å². The summed E-state index contributed by atoms with van der Waals surface area (Å²) >= 11 is 1.32. The van der Waals surface area contributed by atoms with Gasteiger partial charge < -0.3 is 15.2 Å². The third-order valence-electron chi connectivity index (χ3n) is 2.58. The van der Waals surface area contributed by atoms with Gasteiger partial charge in [0.05, 0.1) is 13.0 Å². The van der Waals surface area contributed by atoms with Crippen LogP contribution in [0.3, 0.4) is 0 Å². The Morgan fingerprint density at radius 1 is 1.56 bits per heavy atom. The average molecular weight is 271 g/mol. The lowest BCUT2D eigenvalue weighted by Crippen LogP contribution is -2.24. The van der Waals surface area contributed by atoms with Gasteiger partial charge in [0.2, 0.25) is 0 Å². The number of carboxylic acids is 1. The van der Waals surface area contributed by atoms with Crippen molar-refractivity contribution in [3.63, 3.8) is 0 Å². The maximum absolute atomic E-state index is 11.8. The normalized spacial score (nSPS) is 11.9. The Bertz CT molecular complexity index is 416. The van der Waals surface area contributed by atoms with Crippen molar-refractivity contribution in [1.29, 1.82) is 0 Å². The van der Waals surface area contributed by atoms with Crippen molar-refractivity contribution < 1.29 is 19.4 Å². The van der Waals surface area contributed by atoms with Crippen LogP contribution in [0.25, 0.3) is 0 Å². The third-order valence-corrected chi connectivity index (χ3v) is 3.47. The van der Waals surface area contributed by atoms with E-state index in [1.165, 1.54) is 18.4 Å². The fraction of sp³-hybridized carbons (Fsp3) is 0.500. The number of carboxylic acid groups (broad SMARTS) is 1. The van der Waals surface area contributed by atoms with Crippen LogP contribution in [-0.2, 0) is 4.79 Å². The SMILES string of the molecule is COc1ccsc1C(=O)NCCCC(C)C(=O)O. The third kappa shape index (κ3) is 4.03. The second-order valence-corrected chi connectivity index (χ2v) is 4.87. The molecule has 1 aromatic rings. The van der Waals surface area contributed by atoms with Gasteiger partial charge >= 0.3 is 5.97 Å². The highest BCUT2D eigenvalue weighted by atomic mass is 32.1. The lowest BCUT2D eigenvalue weighted by molar-refractivity contribution is -0.141. The molecule has 1 amide bonds. The predicted octanol–water partition coefficient (Wildman–Crippen LogP) is 1.99. The minimum atomic E-state index is -0.804. The summed E-state index contributed by atoms with van der Waals surface area (Å²) in [4.78, 5) is 22.9. The molecule has 0 spiro atoms. The van der Waals surface area contributed by atoms with Crippen molar-refractivity contribution in [2.75, 3.05) is 13.7 Å². The molecule has 1 aromatic heterocycles. The number of aliphatic carboxylic acids is 1. The highest BCUT2D eigenvalue weighted by Gasteiger charge is 2.14. The van der Waals surface area contributed by atoms with Crippen LogP contribution < -0.4 is 10.1 Å². The number of thiophene rings is 1. The quantitative estimate of drug-likeness (QED) is 0.744. The summed E-state index contributed by atoms with van der Waals surface area (Å²) in [6.07, 6.45) is 1.20. The van der Waals surface area contributed by atoms with E-state index in [9.17, 15) is 9.59 Å². The molecule has 0 radical (unpaired) electrons. The van der Waals surface area contributed by atoms with Crippen molar-refractivity contribution in [3.8, 4) is 5.75 Å². The molecule has 0 aliphatic heterocycles. The number of amides is 1. The number of carbonyl (C=O) groups is 2. The number of ether oxygens (including phenoxy) is 1. The molecule has 0 fully saturated rings. The van der Waals surface area contributed by atoms with Crippen molar-refractivity contribution in [3.05, 3.63) is 16.3 Å². The summed E-state index contributed by atoms with van der Waals surface area (Å²) in [7, 11) is 1.52. The van der Waals surface area contributed by atoms with Crippen LogP contribution in [0.15, 0.2) is 11.4 Å². The molecule has 100 valence electrons. The first-order valence-electron chi connectivity index (χ1n) is 5.68. The first kappa shape index (κ1) is 14.5. The largest absolute Gasteiger partial charge is 0.495 e. The topological polar surface area (TPSA) is 75.6 Å². The minimum absolute atomic E-state index is 0.176. The molecular weight excluding hydrogens is 254 g/mol. The summed E-state index contributed by atoms with van der Waals surface area (Å²) < 4.78 is 5.05. The zero-order valence-corrected chi connectivity index (χ0v) is 11.3. The van der Waals surface area contributed by atoms with Gasteiger partial charge in [-0.2, -0.15) is 0 Å². The first-order valence-corrected chi connectivity index (χ1v) is 6.56. The summed E-state index contributed by atoms with van der Waals surface area (Å²) in [6.45, 7) is 2.13. The van der Waals surface area contributed by atoms with E-state index in [0.717, 1.165) is 0 Å². The molecule has 5 nitrogen and oxygen atoms in total. The average Bonchev–Trinajstić information content (AvgIpc) is 2.82. The second-order valence-electron chi connectivity index (χ2n) is 3.96. The van der Waals surface area contributed by atoms with Crippen LogP contribution in [0.2, 0.25) is 0 Å². The number of hydrogen-bond donors (Lipinski definition) is 2. The van der Waals surface area contributed by atoms with Gasteiger partial charge in [0.25, 0.3) is 5.91 Å². The molecule has 1 unspecified atom stereocenters. The standard InChI is InChI=1S/C12H17NO4S/c1-8(12(15)16)4-3-6-13-11(14)10-9(17-2)5-7-18-10/h5,7-8H,3-4,6H2,1-2H3,(H,13,14)(H,15,16). The Kier molecular flexibility index (Phi) is 5.64. The molecule has 0 saturated heterocycles. The van der Waals surface area contributed by atoms with E-state index in [1.807, 2.05) is 0 Å². The lowest BCUT2D eigenvalue weighted by atomic mass is 10.1. The molecule has 2 N–H and O–H groups in total. The number of nitrogens with one attached hydrogen (secondary N) is 1. The summed E-state index contributed by atoms with van der Waals surface area (Å²) in [5, 5.41) is 13.3. The Labute approximate surface area is 110 Å². The smallest absolute Gasteiger partial charge is 0.306 e. The lowest BCUT2D eigenvalue weighted by Gasteiger charge is -2.07. The van der Waals surface area contributed by atoms with Crippen LogP contribution in [0.4, 0.5) is 0 Å². The molecule has 0 bridgehead atoms. The zero-order chi connectivity index (χ0) is 13.5. The van der Waals surface area contributed by atoms with Crippen LogP contribution >= 0.6 is 11.3 Å². The van der Waals surface area contributed by atoms with E-state index in [2.05, 4.69) is 5.32 Å². The van der Waals surface area contributed by atoms with E-state index in [1.54, 1.807) is 18.4 Å². The summed E-state index contributed by atoms with van der Waals surface area (Å²) in [5.41, 5.74) is 0. The summed E-state index contributed by atoms with van der Waals surface area (Å²) in [6, 6.07) is 1.74. The van der Waals surface area contributed by atoms with E-state index in [-0.39, 0.29) is 11.8 Å². The molecule has 0 aliphatic rings. The molecule has 6 heteroatoms. The highest BCUT2D eigenvalue weighted by molar-refractivity contribution is 7.12. The van der Waals surface area contributed by atoms with Gasteiger partial charge in [0, 0.05) is 6.54 Å². The summed E-state index contributed by atoms with van der Waals surface area (Å²) in [5.74, 6) is -0.791. The Hall–Kier alpha value is -1.56. The fourth-order valence-corrected chi connectivity index (χ4v) is 2.21. The molecule has 18 heavy (non-hydrogen) atoms. The van der Waals surface area contributed by atoms with Gasteiger partial charge in [-0.15, -0.1) is 11.3 Å². The number of hydrogen-bond acceptors (Lipinski definition) is 4. The van der Waals surface area contributed by atoms with Gasteiger partial charge in [0.1, 0.15) is 10.6 Å². The number of rotatable bonds is 7. The van der Waals surface area contributed by atoms with Crippen LogP contribution in [0.1, 0.15) is 29.4 Å². The number of carbonyl (C=O) groups excluding carboxylic acids is 1. The van der Waals surface area contributed by atoms with Crippen molar-refractivity contribution in [1.82, 2.24) is 5.32 Å². The fourth-order valence-electron chi connectivity index (χ4n) is 1.44. The van der Waals surface area contributed by atoms with Gasteiger partial charge in [0.15, 0.2) is 0 Å². The van der Waals surface area contributed by atoms with E-state index < -0.39 is 5.97 Å². The monoisotopic (exact) mass is 271 g/mol. The Balaban J connectivity index is 2.32. The van der Waals surface area contributed by atoms with Crippen molar-refractivity contribution in [2.24, 2.45) is 5.92 Å². The molecule has 0 aliphatic carbocycles. The maximum Gasteiger partial charge on any atom is 0.306 e. The van der Waals surface area contributed by atoms with Crippen LogP contribution in [0.5, 0.6) is 5.75 Å². The van der Waals surface area contributed by atoms with Crippen LogP contribution in [0, 0.1) is 5.92 Å². The second kappa shape index (κ2) is 7.00. The van der Waals surface area contributed by atoms with Gasteiger partial charge in [-0.05, 0) is 24.3 Å². The van der Waals surface area contributed by atoms with Gasteiger partial charge in [-0.25, -0.2) is 0 Å². The number of methoxy groups -OCH3 is 1. The molecule has 1 atom stereocenters. The highest BCUT2D eigenvalue weighted by Crippen LogP contribution is 2.23. The van der Waals surface area contributed by atoms with E-state index in [0.29, 0.717) is 30.0 Å². The molecule has 0 saturated carbocycles. The Morgan fingerprint density at radius 3 is 2.89 bits per heavy atom. The Morgan fingerprint density at radius 2 is 2.28 bits per heavy atom. The maximum atomic E-state index is 11.8. The zero-order valence-electron chi connectivity index (χ0n) is 10.4. The molecule has 1 rings (SSSR count). The van der Waals surface area contributed by atoms with Crippen LogP contribution in [-0.4, -0.2) is 30.6 Å². The van der Waals surface area contributed by atoms with Crippen molar-refractivity contribution in [2.45, 2.75) is 19.8 Å². The molecule has 1 heterocycles. The minimum Gasteiger partial charge on any atom is -0.495 e.